The standard InChI is InChI=1S/C18H18N2O/c19-13-14-3-1-4-15(11-14)16-5-2-6-18(12-16)21-17-7-9-20-10-8-17/h1-6,11-12,17,20H,7-10H2. The molecule has 106 valence electrons. The summed E-state index contributed by atoms with van der Waals surface area (Å²) in [5.41, 5.74) is 2.81. The molecule has 1 heterocycles. The van der Waals surface area contributed by atoms with Crippen molar-refractivity contribution in [2.24, 2.45) is 0 Å². The van der Waals surface area contributed by atoms with Crippen LogP contribution in [0.1, 0.15) is 18.4 Å². The van der Waals surface area contributed by atoms with Gasteiger partial charge in [-0.2, -0.15) is 5.26 Å². The van der Waals surface area contributed by atoms with Gasteiger partial charge in [-0.3, -0.25) is 0 Å². The van der Waals surface area contributed by atoms with Crippen molar-refractivity contribution in [1.29, 1.82) is 5.26 Å². The molecule has 2 aromatic carbocycles. The van der Waals surface area contributed by atoms with Crippen molar-refractivity contribution < 1.29 is 4.74 Å². The highest BCUT2D eigenvalue weighted by Gasteiger charge is 2.14. The highest BCUT2D eigenvalue weighted by atomic mass is 16.5. The van der Waals surface area contributed by atoms with Gasteiger partial charge in [-0.15, -0.1) is 0 Å². The van der Waals surface area contributed by atoms with E-state index in [1.807, 2.05) is 42.5 Å². The average Bonchev–Trinajstić information content (AvgIpc) is 2.56. The zero-order chi connectivity index (χ0) is 14.5. The smallest absolute Gasteiger partial charge is 0.120 e. The van der Waals surface area contributed by atoms with Crippen LogP contribution in [0.3, 0.4) is 0 Å². The van der Waals surface area contributed by atoms with Crippen LogP contribution < -0.4 is 10.1 Å². The molecule has 0 saturated carbocycles. The first-order chi connectivity index (χ1) is 10.3. The summed E-state index contributed by atoms with van der Waals surface area (Å²) in [7, 11) is 0. The van der Waals surface area contributed by atoms with Crippen LogP contribution in [-0.2, 0) is 0 Å². The summed E-state index contributed by atoms with van der Waals surface area (Å²) in [4.78, 5) is 0. The van der Waals surface area contributed by atoms with Crippen LogP contribution in [-0.4, -0.2) is 19.2 Å². The van der Waals surface area contributed by atoms with Gasteiger partial charge in [-0.25, -0.2) is 0 Å². The number of hydrogen-bond donors (Lipinski definition) is 1. The number of rotatable bonds is 3. The molecule has 3 heteroatoms. The van der Waals surface area contributed by atoms with Gasteiger partial charge in [0.05, 0.1) is 11.6 Å². The molecule has 0 amide bonds. The van der Waals surface area contributed by atoms with Crippen LogP contribution in [0.4, 0.5) is 0 Å². The highest BCUT2D eigenvalue weighted by molar-refractivity contribution is 5.66. The van der Waals surface area contributed by atoms with E-state index in [0.29, 0.717) is 11.7 Å². The predicted molar refractivity (Wildman–Crippen MR) is 83.1 cm³/mol. The fourth-order valence-electron chi connectivity index (χ4n) is 2.62. The molecule has 0 atom stereocenters. The summed E-state index contributed by atoms with van der Waals surface area (Å²) in [5, 5.41) is 12.3. The molecular weight excluding hydrogens is 260 g/mol. The third-order valence-electron chi connectivity index (χ3n) is 3.75. The van der Waals surface area contributed by atoms with Gasteiger partial charge in [-0.1, -0.05) is 24.3 Å². The van der Waals surface area contributed by atoms with Crippen LogP contribution in [0.5, 0.6) is 5.75 Å². The van der Waals surface area contributed by atoms with Gasteiger partial charge in [0.25, 0.3) is 0 Å². The van der Waals surface area contributed by atoms with Crippen molar-refractivity contribution in [3.8, 4) is 22.9 Å². The number of nitrogens with one attached hydrogen (secondary N) is 1. The van der Waals surface area contributed by atoms with E-state index in [0.717, 1.165) is 42.8 Å². The second-order valence-corrected chi connectivity index (χ2v) is 5.29. The molecule has 0 radical (unpaired) electrons. The Morgan fingerprint density at radius 3 is 2.48 bits per heavy atom. The second kappa shape index (κ2) is 6.43. The van der Waals surface area contributed by atoms with Crippen molar-refractivity contribution in [2.75, 3.05) is 13.1 Å². The molecule has 3 nitrogen and oxygen atoms in total. The van der Waals surface area contributed by atoms with E-state index in [1.54, 1.807) is 0 Å². The zero-order valence-corrected chi connectivity index (χ0v) is 11.9. The highest BCUT2D eigenvalue weighted by Crippen LogP contribution is 2.26. The maximum Gasteiger partial charge on any atom is 0.120 e. The van der Waals surface area contributed by atoms with E-state index < -0.39 is 0 Å². The Kier molecular flexibility index (Phi) is 4.18. The summed E-state index contributed by atoms with van der Waals surface area (Å²) in [6, 6.07) is 17.9. The van der Waals surface area contributed by atoms with E-state index >= 15 is 0 Å². The Bertz CT molecular complexity index is 654. The molecule has 3 rings (SSSR count). The molecular formula is C18H18N2O. The number of nitriles is 1. The number of benzene rings is 2. The normalized spacial score (nSPS) is 15.4. The Labute approximate surface area is 125 Å². The summed E-state index contributed by atoms with van der Waals surface area (Å²) in [6.45, 7) is 2.04. The van der Waals surface area contributed by atoms with E-state index in [1.165, 1.54) is 0 Å². The van der Waals surface area contributed by atoms with Gasteiger partial charge in [0.15, 0.2) is 0 Å². The largest absolute Gasteiger partial charge is 0.490 e. The van der Waals surface area contributed by atoms with Crippen LogP contribution in [0.2, 0.25) is 0 Å². The van der Waals surface area contributed by atoms with Crippen molar-refractivity contribution >= 4 is 0 Å². The lowest BCUT2D eigenvalue weighted by molar-refractivity contribution is 0.162. The Hall–Kier alpha value is -2.31. The third kappa shape index (κ3) is 3.42. The van der Waals surface area contributed by atoms with Crippen molar-refractivity contribution in [3.63, 3.8) is 0 Å². The molecule has 2 aromatic rings. The van der Waals surface area contributed by atoms with Gasteiger partial charge < -0.3 is 10.1 Å². The summed E-state index contributed by atoms with van der Waals surface area (Å²) >= 11 is 0. The maximum atomic E-state index is 9.00. The van der Waals surface area contributed by atoms with E-state index in [-0.39, 0.29) is 0 Å². The molecule has 0 bridgehead atoms. The number of ether oxygens (including phenoxy) is 1. The molecule has 1 fully saturated rings. The van der Waals surface area contributed by atoms with Crippen molar-refractivity contribution in [3.05, 3.63) is 54.1 Å². The van der Waals surface area contributed by atoms with E-state index in [4.69, 9.17) is 10.00 Å². The first-order valence-electron chi connectivity index (χ1n) is 7.33. The average molecular weight is 278 g/mol. The molecule has 1 saturated heterocycles. The molecule has 0 aromatic heterocycles. The minimum atomic E-state index is 0.298. The fourth-order valence-corrected chi connectivity index (χ4v) is 2.62. The predicted octanol–water partition coefficient (Wildman–Crippen LogP) is 3.36. The molecule has 0 aliphatic carbocycles. The lowest BCUT2D eigenvalue weighted by Crippen LogP contribution is -2.34. The molecule has 0 unspecified atom stereocenters. The minimum Gasteiger partial charge on any atom is -0.490 e. The number of piperidine rings is 1. The second-order valence-electron chi connectivity index (χ2n) is 5.29. The fraction of sp³-hybridized carbons (Fsp3) is 0.278. The lowest BCUT2D eigenvalue weighted by atomic mass is 10.0. The van der Waals surface area contributed by atoms with Crippen molar-refractivity contribution in [2.45, 2.75) is 18.9 Å². The SMILES string of the molecule is N#Cc1cccc(-c2cccc(OC3CCNCC3)c2)c1. The van der Waals surface area contributed by atoms with Gasteiger partial charge in [0.2, 0.25) is 0 Å². The minimum absolute atomic E-state index is 0.298. The molecule has 0 spiro atoms. The van der Waals surface area contributed by atoms with Gasteiger partial charge >= 0.3 is 0 Å². The molecule has 1 aliphatic heterocycles. The van der Waals surface area contributed by atoms with Crippen LogP contribution in [0, 0.1) is 11.3 Å². The maximum absolute atomic E-state index is 9.00. The van der Waals surface area contributed by atoms with Crippen LogP contribution in [0.25, 0.3) is 11.1 Å². The number of hydrogen-bond acceptors (Lipinski definition) is 3. The van der Waals surface area contributed by atoms with E-state index in [9.17, 15) is 0 Å². The van der Waals surface area contributed by atoms with Crippen molar-refractivity contribution in [1.82, 2.24) is 5.32 Å². The summed E-state index contributed by atoms with van der Waals surface area (Å²) in [5.74, 6) is 0.904. The van der Waals surface area contributed by atoms with E-state index in [2.05, 4.69) is 17.5 Å². The lowest BCUT2D eigenvalue weighted by Gasteiger charge is -2.24. The topological polar surface area (TPSA) is 45.0 Å². The molecule has 1 aliphatic rings. The zero-order valence-electron chi connectivity index (χ0n) is 11.9. The Morgan fingerprint density at radius 2 is 1.71 bits per heavy atom. The molecule has 21 heavy (non-hydrogen) atoms. The first kappa shape index (κ1) is 13.7. The summed E-state index contributed by atoms with van der Waals surface area (Å²) < 4.78 is 6.07. The number of nitrogens with zero attached hydrogens (tertiary/aromatic N) is 1. The first-order valence-corrected chi connectivity index (χ1v) is 7.33. The Balaban J connectivity index is 1.80. The van der Waals surface area contributed by atoms with Gasteiger partial charge in [0, 0.05) is 0 Å². The van der Waals surface area contributed by atoms with Crippen LogP contribution in [0.15, 0.2) is 48.5 Å². The monoisotopic (exact) mass is 278 g/mol. The molecule has 1 N–H and O–H groups in total. The Morgan fingerprint density at radius 1 is 1.00 bits per heavy atom. The van der Waals surface area contributed by atoms with Gasteiger partial charge in [0.1, 0.15) is 11.9 Å². The third-order valence-corrected chi connectivity index (χ3v) is 3.75. The van der Waals surface area contributed by atoms with Gasteiger partial charge in [-0.05, 0) is 61.3 Å². The summed E-state index contributed by atoms with van der Waals surface area (Å²) in [6.07, 6.45) is 2.40. The quantitative estimate of drug-likeness (QED) is 0.936. The van der Waals surface area contributed by atoms with Crippen LogP contribution >= 0.6 is 0 Å².